The maximum absolute atomic E-state index is 12.6. The van der Waals surface area contributed by atoms with Gasteiger partial charge in [-0.05, 0) is 52.9 Å². The number of nitrogens with one attached hydrogen (secondary N) is 1. The summed E-state index contributed by atoms with van der Waals surface area (Å²) < 4.78 is 17.1. The van der Waals surface area contributed by atoms with Crippen molar-refractivity contribution in [1.29, 1.82) is 0 Å². The summed E-state index contributed by atoms with van der Waals surface area (Å²) in [5.74, 6) is 1.84. The van der Waals surface area contributed by atoms with E-state index in [-0.39, 0.29) is 5.91 Å². The summed E-state index contributed by atoms with van der Waals surface area (Å²) in [5, 5.41) is 3.01. The zero-order valence-electron chi connectivity index (χ0n) is 23.0. The Kier molecular flexibility index (Phi) is 18.6. The second-order valence-corrected chi connectivity index (χ2v) is 8.98. The van der Waals surface area contributed by atoms with Crippen molar-refractivity contribution in [2.24, 2.45) is 0 Å². The number of rotatable bonds is 22. The number of anilines is 1. The molecule has 1 aromatic carbocycles. The van der Waals surface area contributed by atoms with E-state index < -0.39 is 0 Å². The zero-order valence-corrected chi connectivity index (χ0v) is 23.0. The summed E-state index contributed by atoms with van der Waals surface area (Å²) in [7, 11) is 0. The minimum absolute atomic E-state index is 0.00584. The van der Waals surface area contributed by atoms with Crippen molar-refractivity contribution in [1.82, 2.24) is 0 Å². The Morgan fingerprint density at radius 2 is 1.17 bits per heavy atom. The van der Waals surface area contributed by atoms with Crippen LogP contribution in [0.3, 0.4) is 0 Å². The lowest BCUT2D eigenvalue weighted by atomic mass is 10.1. The molecule has 0 atom stereocenters. The van der Waals surface area contributed by atoms with Crippen molar-refractivity contribution in [3.63, 3.8) is 0 Å². The molecular formula is C30H51NO4. The van der Waals surface area contributed by atoms with Crippen molar-refractivity contribution in [3.8, 4) is 17.2 Å². The first-order valence-corrected chi connectivity index (χ1v) is 14.2. The molecule has 0 bridgehead atoms. The topological polar surface area (TPSA) is 56.8 Å². The maximum atomic E-state index is 12.6. The highest BCUT2D eigenvalue weighted by molar-refractivity contribution is 5.94. The Bertz CT molecular complexity index is 675. The van der Waals surface area contributed by atoms with E-state index in [0.717, 1.165) is 12.8 Å². The molecule has 5 nitrogen and oxygen atoms in total. The van der Waals surface area contributed by atoms with Crippen molar-refractivity contribution in [3.05, 3.63) is 24.3 Å². The Balaban J connectivity index is 2.27. The van der Waals surface area contributed by atoms with E-state index in [1.165, 1.54) is 70.6 Å². The summed E-state index contributed by atoms with van der Waals surface area (Å²) >= 11 is 0. The molecule has 0 aromatic heterocycles. The fourth-order valence-corrected chi connectivity index (χ4v) is 4.04. The molecule has 1 rings (SSSR count). The Morgan fingerprint density at radius 1 is 0.686 bits per heavy atom. The maximum Gasteiger partial charge on any atom is 0.224 e. The molecule has 35 heavy (non-hydrogen) atoms. The second kappa shape index (κ2) is 21.1. The highest BCUT2D eigenvalue weighted by atomic mass is 16.5. The number of benzene rings is 1. The number of ether oxygens (including phenoxy) is 3. The molecule has 1 amide bonds. The summed E-state index contributed by atoms with van der Waals surface area (Å²) in [4.78, 5) is 12.6. The van der Waals surface area contributed by atoms with Crippen LogP contribution in [-0.2, 0) is 4.79 Å². The number of hydrogen-bond acceptors (Lipinski definition) is 4. The number of unbranched alkanes of at least 4 members (excludes halogenated alkanes) is 11. The molecule has 1 aromatic rings. The first-order valence-electron chi connectivity index (χ1n) is 14.2. The van der Waals surface area contributed by atoms with E-state index in [2.05, 4.69) is 24.4 Å². The normalized spacial score (nSPS) is 11.1. The molecule has 0 heterocycles. The number of hydrogen-bond donors (Lipinski definition) is 1. The van der Waals surface area contributed by atoms with Gasteiger partial charge in [0.25, 0.3) is 0 Å². The van der Waals surface area contributed by atoms with Gasteiger partial charge in [-0.1, -0.05) is 70.4 Å². The summed E-state index contributed by atoms with van der Waals surface area (Å²) in [6.07, 6.45) is 21.4. The van der Waals surface area contributed by atoms with E-state index in [4.69, 9.17) is 14.2 Å². The van der Waals surface area contributed by atoms with E-state index in [1.807, 2.05) is 32.9 Å². The van der Waals surface area contributed by atoms with Gasteiger partial charge in [0.2, 0.25) is 5.91 Å². The molecule has 0 saturated carbocycles. The molecule has 0 aliphatic heterocycles. The van der Waals surface area contributed by atoms with Gasteiger partial charge < -0.3 is 19.5 Å². The first-order chi connectivity index (χ1) is 17.2. The van der Waals surface area contributed by atoms with Crippen LogP contribution in [-0.4, -0.2) is 25.7 Å². The Morgan fingerprint density at radius 3 is 1.69 bits per heavy atom. The van der Waals surface area contributed by atoms with Crippen LogP contribution in [0.25, 0.3) is 0 Å². The highest BCUT2D eigenvalue weighted by Crippen LogP contribution is 2.39. The molecule has 0 unspecified atom stereocenters. The molecule has 0 aliphatic rings. The minimum atomic E-state index is -0.00584. The van der Waals surface area contributed by atoms with Crippen LogP contribution in [0.4, 0.5) is 5.69 Å². The molecule has 1 N–H and O–H groups in total. The van der Waals surface area contributed by atoms with Gasteiger partial charge in [0.1, 0.15) is 22.9 Å². The Hall–Kier alpha value is -2.17. The molecule has 0 radical (unpaired) electrons. The van der Waals surface area contributed by atoms with E-state index in [9.17, 15) is 4.79 Å². The average Bonchev–Trinajstić information content (AvgIpc) is 2.84. The van der Waals surface area contributed by atoms with E-state index in [0.29, 0.717) is 49.2 Å². The van der Waals surface area contributed by atoms with Gasteiger partial charge in [-0.15, -0.1) is 0 Å². The van der Waals surface area contributed by atoms with Gasteiger partial charge in [0.15, 0.2) is 0 Å². The third-order valence-electron chi connectivity index (χ3n) is 5.88. The lowest BCUT2D eigenvalue weighted by Crippen LogP contribution is -2.14. The van der Waals surface area contributed by atoms with Crippen molar-refractivity contribution in [2.45, 2.75) is 118 Å². The predicted molar refractivity (Wildman–Crippen MR) is 148 cm³/mol. The number of amides is 1. The molecule has 200 valence electrons. The van der Waals surface area contributed by atoms with Crippen LogP contribution in [0.2, 0.25) is 0 Å². The molecule has 0 saturated heterocycles. The molecule has 0 spiro atoms. The summed E-state index contributed by atoms with van der Waals surface area (Å²) in [6, 6.07) is 3.63. The average molecular weight is 490 g/mol. The number of allylic oxidation sites excluding steroid dienone is 2. The number of carbonyl (C=O) groups is 1. The van der Waals surface area contributed by atoms with Gasteiger partial charge in [0, 0.05) is 18.6 Å². The van der Waals surface area contributed by atoms with Crippen LogP contribution >= 0.6 is 0 Å². The van der Waals surface area contributed by atoms with Crippen LogP contribution in [0.5, 0.6) is 17.2 Å². The SMILES string of the molecule is CCCCCCCC/C=C\CCCCCCCC(=O)Nc1c(OCC)cc(OCC)cc1OCC. The van der Waals surface area contributed by atoms with Crippen molar-refractivity contribution in [2.75, 3.05) is 25.1 Å². The second-order valence-electron chi connectivity index (χ2n) is 8.98. The smallest absolute Gasteiger partial charge is 0.224 e. The molecule has 0 fully saturated rings. The zero-order chi connectivity index (χ0) is 25.6. The van der Waals surface area contributed by atoms with Gasteiger partial charge in [0.05, 0.1) is 19.8 Å². The van der Waals surface area contributed by atoms with Crippen molar-refractivity contribution < 1.29 is 19.0 Å². The van der Waals surface area contributed by atoms with E-state index >= 15 is 0 Å². The molecule has 5 heteroatoms. The summed E-state index contributed by atoms with van der Waals surface area (Å²) in [5.41, 5.74) is 0.592. The minimum Gasteiger partial charge on any atom is -0.494 e. The highest BCUT2D eigenvalue weighted by Gasteiger charge is 2.17. The van der Waals surface area contributed by atoms with Gasteiger partial charge in [-0.25, -0.2) is 0 Å². The van der Waals surface area contributed by atoms with Crippen LogP contribution < -0.4 is 19.5 Å². The van der Waals surface area contributed by atoms with E-state index in [1.54, 1.807) is 0 Å². The largest absolute Gasteiger partial charge is 0.494 e. The fraction of sp³-hybridized carbons (Fsp3) is 0.700. The monoisotopic (exact) mass is 489 g/mol. The lowest BCUT2D eigenvalue weighted by Gasteiger charge is -2.18. The van der Waals surface area contributed by atoms with Gasteiger partial charge in [-0.3, -0.25) is 4.79 Å². The third-order valence-corrected chi connectivity index (χ3v) is 5.88. The van der Waals surface area contributed by atoms with Crippen molar-refractivity contribution >= 4 is 11.6 Å². The standard InChI is InChI=1S/C30H51NO4/c1-5-9-10-11-12-13-14-15-16-17-18-19-20-21-22-23-29(32)31-30-27(34-7-3)24-26(33-6-2)25-28(30)35-8-4/h15-16,24-25H,5-14,17-23H2,1-4H3,(H,31,32)/b16-15-. The number of carbonyl (C=O) groups excluding carboxylic acids is 1. The molecular weight excluding hydrogens is 438 g/mol. The van der Waals surface area contributed by atoms with Crippen LogP contribution in [0.15, 0.2) is 24.3 Å². The first kappa shape index (κ1) is 30.9. The van der Waals surface area contributed by atoms with Gasteiger partial charge in [-0.2, -0.15) is 0 Å². The molecule has 0 aliphatic carbocycles. The fourth-order valence-electron chi connectivity index (χ4n) is 4.04. The van der Waals surface area contributed by atoms with Crippen LogP contribution in [0, 0.1) is 0 Å². The quantitative estimate of drug-likeness (QED) is 0.130. The lowest BCUT2D eigenvalue weighted by molar-refractivity contribution is -0.116. The summed E-state index contributed by atoms with van der Waals surface area (Å²) in [6.45, 7) is 9.59. The predicted octanol–water partition coefficient (Wildman–Crippen LogP) is 8.86. The van der Waals surface area contributed by atoms with Gasteiger partial charge >= 0.3 is 0 Å². The van der Waals surface area contributed by atoms with Crippen LogP contribution in [0.1, 0.15) is 118 Å². The third kappa shape index (κ3) is 14.7. The Labute approximate surface area is 215 Å².